The third-order valence-electron chi connectivity index (χ3n) is 5.09. The highest BCUT2D eigenvalue weighted by atomic mass is 35.5. The van der Waals surface area contributed by atoms with Crippen molar-refractivity contribution in [3.05, 3.63) is 87.3 Å². The summed E-state index contributed by atoms with van der Waals surface area (Å²) in [6, 6.07) is 11.2. The lowest BCUT2D eigenvalue weighted by Gasteiger charge is -2.23. The lowest BCUT2D eigenvalue weighted by molar-refractivity contribution is -0.134. The van der Waals surface area contributed by atoms with Crippen LogP contribution in [0.15, 0.2) is 59.7 Å². The van der Waals surface area contributed by atoms with Gasteiger partial charge in [0.05, 0.1) is 23.2 Å². The highest BCUT2D eigenvalue weighted by molar-refractivity contribution is 6.34. The summed E-state index contributed by atoms with van der Waals surface area (Å²) >= 11 is 6.56. The fraction of sp³-hybridized carbons (Fsp3) is 0.182. The van der Waals surface area contributed by atoms with Crippen molar-refractivity contribution in [1.29, 1.82) is 0 Å². The lowest BCUT2D eigenvalue weighted by atomic mass is 9.88. The molecule has 1 aliphatic rings. The number of hydrogen-bond donors (Lipinski definition) is 1. The molecule has 1 aromatic carbocycles. The molecule has 8 heteroatoms. The fourth-order valence-electron chi connectivity index (χ4n) is 3.51. The van der Waals surface area contributed by atoms with Crippen molar-refractivity contribution >= 4 is 23.4 Å². The second-order valence-corrected chi connectivity index (χ2v) is 7.41. The van der Waals surface area contributed by atoms with Crippen LogP contribution in [0.25, 0.3) is 11.1 Å². The Morgan fingerprint density at radius 2 is 2.00 bits per heavy atom. The molecule has 1 N–H and O–H groups in total. The van der Waals surface area contributed by atoms with Crippen LogP contribution in [-0.4, -0.2) is 21.4 Å². The number of piperidine rings is 1. The van der Waals surface area contributed by atoms with Crippen molar-refractivity contribution < 1.29 is 14.0 Å². The monoisotopic (exact) mass is 425 g/mol. The zero-order valence-electron chi connectivity index (χ0n) is 15.8. The number of imide groups is 1. The Kier molecular flexibility index (Phi) is 5.46. The summed E-state index contributed by atoms with van der Waals surface area (Å²) in [5, 5.41) is 2.64. The molecule has 1 saturated heterocycles. The van der Waals surface area contributed by atoms with Gasteiger partial charge in [-0.25, -0.2) is 4.39 Å². The maximum atomic E-state index is 14.7. The van der Waals surface area contributed by atoms with E-state index in [1.165, 1.54) is 22.9 Å². The summed E-state index contributed by atoms with van der Waals surface area (Å²) < 4.78 is 16.1. The molecule has 4 rings (SSSR count). The zero-order valence-corrected chi connectivity index (χ0v) is 16.5. The Morgan fingerprint density at radius 3 is 2.73 bits per heavy atom. The van der Waals surface area contributed by atoms with E-state index in [9.17, 15) is 18.8 Å². The lowest BCUT2D eigenvalue weighted by Crippen LogP contribution is -2.39. The van der Waals surface area contributed by atoms with E-state index in [1.807, 2.05) is 0 Å². The van der Waals surface area contributed by atoms with Gasteiger partial charge in [0.25, 0.3) is 5.56 Å². The Labute approximate surface area is 176 Å². The summed E-state index contributed by atoms with van der Waals surface area (Å²) in [6.45, 7) is 0.00975. The number of benzene rings is 1. The van der Waals surface area contributed by atoms with E-state index >= 15 is 0 Å². The number of rotatable bonds is 4. The second-order valence-electron chi connectivity index (χ2n) is 7.03. The third kappa shape index (κ3) is 3.89. The predicted octanol–water partition coefficient (Wildman–Crippen LogP) is 3.27. The van der Waals surface area contributed by atoms with Gasteiger partial charge < -0.3 is 4.57 Å². The second kappa shape index (κ2) is 8.20. The molecule has 2 amide bonds. The number of nitrogens with zero attached hydrogens (tertiary/aromatic N) is 2. The minimum Gasteiger partial charge on any atom is -0.309 e. The first-order valence-electron chi connectivity index (χ1n) is 9.36. The summed E-state index contributed by atoms with van der Waals surface area (Å²) in [7, 11) is 0. The Balaban J connectivity index is 1.65. The quantitative estimate of drug-likeness (QED) is 0.650. The fourth-order valence-corrected chi connectivity index (χ4v) is 3.88. The first-order chi connectivity index (χ1) is 14.4. The molecule has 0 radical (unpaired) electrons. The smallest absolute Gasteiger partial charge is 0.250 e. The van der Waals surface area contributed by atoms with Crippen LogP contribution in [0.1, 0.15) is 30.0 Å². The van der Waals surface area contributed by atoms with Gasteiger partial charge in [-0.15, -0.1) is 0 Å². The van der Waals surface area contributed by atoms with Crippen LogP contribution in [0.3, 0.4) is 0 Å². The van der Waals surface area contributed by atoms with E-state index in [0.717, 1.165) is 0 Å². The van der Waals surface area contributed by atoms with Crippen molar-refractivity contribution in [2.45, 2.75) is 25.3 Å². The summed E-state index contributed by atoms with van der Waals surface area (Å²) in [4.78, 5) is 39.6. The van der Waals surface area contributed by atoms with Gasteiger partial charge in [-0.1, -0.05) is 35.9 Å². The number of carbonyl (C=O) groups excluding carboxylic acids is 2. The van der Waals surface area contributed by atoms with Crippen LogP contribution in [0.4, 0.5) is 4.39 Å². The molecule has 0 bridgehead atoms. The molecule has 1 atom stereocenters. The van der Waals surface area contributed by atoms with Crippen LogP contribution in [0.5, 0.6) is 0 Å². The van der Waals surface area contributed by atoms with E-state index in [-0.39, 0.29) is 30.1 Å². The normalized spacial score (nSPS) is 16.4. The average molecular weight is 426 g/mol. The van der Waals surface area contributed by atoms with Crippen LogP contribution < -0.4 is 10.9 Å². The Bertz CT molecular complexity index is 1210. The third-order valence-corrected chi connectivity index (χ3v) is 5.51. The van der Waals surface area contributed by atoms with E-state index < -0.39 is 17.6 Å². The highest BCUT2D eigenvalue weighted by Crippen LogP contribution is 2.37. The molecule has 152 valence electrons. The number of pyridine rings is 2. The minimum absolute atomic E-state index is 0.00975. The number of halogens is 2. The van der Waals surface area contributed by atoms with Gasteiger partial charge in [0.2, 0.25) is 11.8 Å². The molecule has 3 aromatic rings. The number of aromatic nitrogens is 2. The van der Waals surface area contributed by atoms with E-state index in [1.54, 1.807) is 36.5 Å². The summed E-state index contributed by atoms with van der Waals surface area (Å²) in [5.74, 6) is -1.80. The molecule has 1 aliphatic heterocycles. The maximum Gasteiger partial charge on any atom is 0.250 e. The molecular weight excluding hydrogens is 409 g/mol. The van der Waals surface area contributed by atoms with Crippen LogP contribution in [0.2, 0.25) is 5.02 Å². The topological polar surface area (TPSA) is 81.1 Å². The molecule has 30 heavy (non-hydrogen) atoms. The zero-order chi connectivity index (χ0) is 21.3. The number of hydrogen-bond acceptors (Lipinski definition) is 4. The molecule has 1 fully saturated rings. The predicted molar refractivity (Wildman–Crippen MR) is 110 cm³/mol. The van der Waals surface area contributed by atoms with Gasteiger partial charge in [-0.2, -0.15) is 0 Å². The summed E-state index contributed by atoms with van der Waals surface area (Å²) in [6.07, 6.45) is 3.66. The maximum absolute atomic E-state index is 14.7. The van der Waals surface area contributed by atoms with Gasteiger partial charge in [-0.05, 0) is 24.1 Å². The van der Waals surface area contributed by atoms with Gasteiger partial charge in [0, 0.05) is 36.0 Å². The van der Waals surface area contributed by atoms with Crippen molar-refractivity contribution in [2.24, 2.45) is 0 Å². The molecule has 0 spiro atoms. The van der Waals surface area contributed by atoms with Crippen molar-refractivity contribution in [1.82, 2.24) is 14.9 Å². The van der Waals surface area contributed by atoms with Gasteiger partial charge in [0.1, 0.15) is 5.82 Å². The first kappa shape index (κ1) is 20.0. The standard InChI is InChI=1S/C22H17ClFN3O3/c23-21-14(4-3-5-15(21)16-7-8-19(28)26-22(16)30)13-10-17(24)18(25-11-13)12-27-9-2-1-6-20(27)29/h1-6,9-11,16H,7-8,12H2,(H,26,28,30). The Morgan fingerprint density at radius 1 is 1.17 bits per heavy atom. The van der Waals surface area contributed by atoms with E-state index in [4.69, 9.17) is 11.6 Å². The molecule has 3 heterocycles. The van der Waals surface area contributed by atoms with Crippen LogP contribution in [-0.2, 0) is 16.1 Å². The highest BCUT2D eigenvalue weighted by Gasteiger charge is 2.30. The number of amides is 2. The van der Waals surface area contributed by atoms with Crippen LogP contribution in [0, 0.1) is 5.82 Å². The van der Waals surface area contributed by atoms with Crippen LogP contribution >= 0.6 is 11.6 Å². The molecule has 1 unspecified atom stereocenters. The number of nitrogens with one attached hydrogen (secondary N) is 1. The average Bonchev–Trinajstić information content (AvgIpc) is 2.72. The molecule has 0 aliphatic carbocycles. The first-order valence-corrected chi connectivity index (χ1v) is 9.74. The number of carbonyl (C=O) groups is 2. The molecule has 6 nitrogen and oxygen atoms in total. The minimum atomic E-state index is -0.564. The van der Waals surface area contributed by atoms with Gasteiger partial charge in [-0.3, -0.25) is 24.7 Å². The van der Waals surface area contributed by atoms with Crippen molar-refractivity contribution in [2.75, 3.05) is 0 Å². The molecular formula is C22H17ClFN3O3. The molecule has 2 aromatic heterocycles. The van der Waals surface area contributed by atoms with Gasteiger partial charge in [0.15, 0.2) is 0 Å². The summed E-state index contributed by atoms with van der Waals surface area (Å²) in [5.41, 5.74) is 1.45. The van der Waals surface area contributed by atoms with E-state index in [0.29, 0.717) is 28.1 Å². The Hall–Kier alpha value is -3.32. The molecule has 0 saturated carbocycles. The van der Waals surface area contributed by atoms with Crippen molar-refractivity contribution in [3.63, 3.8) is 0 Å². The van der Waals surface area contributed by atoms with Crippen molar-refractivity contribution in [3.8, 4) is 11.1 Å². The largest absolute Gasteiger partial charge is 0.309 e. The van der Waals surface area contributed by atoms with E-state index in [2.05, 4.69) is 10.3 Å². The SMILES string of the molecule is O=C1CCC(c2cccc(-c3cnc(Cn4ccccc4=O)c(F)c3)c2Cl)C(=O)N1. The van der Waals surface area contributed by atoms with Gasteiger partial charge >= 0.3 is 0 Å².